The number of aliphatic hydroxyl groups excluding tert-OH is 1. The second-order valence-electron chi connectivity index (χ2n) is 4.05. The summed E-state index contributed by atoms with van der Waals surface area (Å²) in [5, 5.41) is 10.9. The van der Waals surface area contributed by atoms with Crippen LogP contribution in [-0.2, 0) is 6.42 Å². The van der Waals surface area contributed by atoms with E-state index in [-0.39, 0.29) is 0 Å². The fourth-order valence-electron chi connectivity index (χ4n) is 1.77. The molecule has 1 atom stereocenters. The number of aliphatic hydroxyl groups is 1. The molecule has 0 radical (unpaired) electrons. The van der Waals surface area contributed by atoms with E-state index >= 15 is 0 Å². The minimum absolute atomic E-state index is 0.544. The summed E-state index contributed by atoms with van der Waals surface area (Å²) in [5.74, 6) is 0. The maximum atomic E-state index is 10.2. The highest BCUT2D eigenvalue weighted by atomic mass is 79.9. The third kappa shape index (κ3) is 3.82. The molecule has 0 aromatic heterocycles. The van der Waals surface area contributed by atoms with Crippen LogP contribution >= 0.6 is 43.5 Å². The molecule has 0 aliphatic carbocycles. The van der Waals surface area contributed by atoms with Crippen LogP contribution in [0.1, 0.15) is 17.2 Å². The molecule has 18 heavy (non-hydrogen) atoms. The van der Waals surface area contributed by atoms with Crippen LogP contribution in [0.25, 0.3) is 0 Å². The van der Waals surface area contributed by atoms with Gasteiger partial charge in [0, 0.05) is 20.4 Å². The summed E-state index contributed by atoms with van der Waals surface area (Å²) in [7, 11) is 0. The average molecular weight is 391 g/mol. The zero-order valence-corrected chi connectivity index (χ0v) is 13.3. The fourth-order valence-corrected chi connectivity index (χ4v) is 3.31. The van der Waals surface area contributed by atoms with Crippen LogP contribution in [-0.4, -0.2) is 5.11 Å². The van der Waals surface area contributed by atoms with Crippen molar-refractivity contribution in [2.24, 2.45) is 0 Å². The van der Waals surface area contributed by atoms with Gasteiger partial charge in [0.15, 0.2) is 0 Å². The van der Waals surface area contributed by atoms with Gasteiger partial charge in [-0.3, -0.25) is 0 Å². The van der Waals surface area contributed by atoms with Crippen LogP contribution in [0.5, 0.6) is 0 Å². The van der Waals surface area contributed by atoms with Gasteiger partial charge in [0.1, 0.15) is 0 Å². The van der Waals surface area contributed by atoms with Crippen LogP contribution in [0.2, 0.25) is 5.02 Å². The SMILES string of the molecule is OC(Cc1cccc(Cl)c1)c1cc(Br)cc(Br)c1. The second-order valence-corrected chi connectivity index (χ2v) is 6.32. The molecule has 1 unspecified atom stereocenters. The van der Waals surface area contributed by atoms with Gasteiger partial charge in [-0.2, -0.15) is 0 Å². The maximum absolute atomic E-state index is 10.2. The molecular weight excluding hydrogens is 379 g/mol. The molecule has 0 saturated carbocycles. The van der Waals surface area contributed by atoms with Crippen molar-refractivity contribution in [1.29, 1.82) is 0 Å². The predicted octanol–water partition coefficient (Wildman–Crippen LogP) is 5.14. The zero-order valence-electron chi connectivity index (χ0n) is 9.41. The van der Waals surface area contributed by atoms with Crippen molar-refractivity contribution >= 4 is 43.5 Å². The van der Waals surface area contributed by atoms with Gasteiger partial charge in [-0.1, -0.05) is 55.6 Å². The molecule has 2 rings (SSSR count). The van der Waals surface area contributed by atoms with E-state index in [1.165, 1.54) is 0 Å². The van der Waals surface area contributed by atoms with Gasteiger partial charge < -0.3 is 5.11 Å². The van der Waals surface area contributed by atoms with Gasteiger partial charge in [0.2, 0.25) is 0 Å². The van der Waals surface area contributed by atoms with E-state index in [0.717, 1.165) is 20.1 Å². The smallest absolute Gasteiger partial charge is 0.0831 e. The molecule has 1 nitrogen and oxygen atoms in total. The van der Waals surface area contributed by atoms with Crippen molar-refractivity contribution < 1.29 is 5.11 Å². The molecule has 0 bridgehead atoms. The first-order valence-electron chi connectivity index (χ1n) is 5.43. The van der Waals surface area contributed by atoms with Crippen molar-refractivity contribution in [3.8, 4) is 0 Å². The number of halogens is 3. The van der Waals surface area contributed by atoms with E-state index in [1.54, 1.807) is 0 Å². The van der Waals surface area contributed by atoms with Crippen LogP contribution in [0.4, 0.5) is 0 Å². The Morgan fingerprint density at radius 1 is 1.06 bits per heavy atom. The molecule has 1 N–H and O–H groups in total. The summed E-state index contributed by atoms with van der Waals surface area (Å²) in [6, 6.07) is 13.3. The minimum Gasteiger partial charge on any atom is -0.388 e. The van der Waals surface area contributed by atoms with Crippen LogP contribution < -0.4 is 0 Å². The largest absolute Gasteiger partial charge is 0.388 e. The summed E-state index contributed by atoms with van der Waals surface area (Å²) in [4.78, 5) is 0. The predicted molar refractivity (Wildman–Crippen MR) is 82.0 cm³/mol. The molecule has 0 saturated heterocycles. The summed E-state index contributed by atoms with van der Waals surface area (Å²) < 4.78 is 1.88. The van der Waals surface area contributed by atoms with Gasteiger partial charge in [-0.25, -0.2) is 0 Å². The normalized spacial score (nSPS) is 12.4. The number of hydrogen-bond donors (Lipinski definition) is 1. The van der Waals surface area contributed by atoms with Gasteiger partial charge in [0.25, 0.3) is 0 Å². The Labute approximate surface area is 128 Å². The summed E-state index contributed by atoms with van der Waals surface area (Å²) in [6.45, 7) is 0. The van der Waals surface area contributed by atoms with Crippen LogP contribution in [0.15, 0.2) is 51.4 Å². The third-order valence-electron chi connectivity index (χ3n) is 2.59. The molecule has 0 heterocycles. The van der Waals surface area contributed by atoms with E-state index in [9.17, 15) is 5.11 Å². The first-order valence-corrected chi connectivity index (χ1v) is 7.39. The topological polar surface area (TPSA) is 20.2 Å². The summed E-state index contributed by atoms with van der Waals surface area (Å²) in [6.07, 6.45) is 0.000895. The Balaban J connectivity index is 2.19. The lowest BCUT2D eigenvalue weighted by Crippen LogP contribution is -2.02. The lowest BCUT2D eigenvalue weighted by atomic mass is 10.0. The minimum atomic E-state index is -0.544. The summed E-state index contributed by atoms with van der Waals surface area (Å²) >= 11 is 12.8. The van der Waals surface area contributed by atoms with Gasteiger partial charge >= 0.3 is 0 Å². The maximum Gasteiger partial charge on any atom is 0.0831 e. The highest BCUT2D eigenvalue weighted by Gasteiger charge is 2.10. The Bertz CT molecular complexity index is 537. The van der Waals surface area contributed by atoms with Crippen molar-refractivity contribution in [3.05, 3.63) is 67.6 Å². The molecule has 0 fully saturated rings. The zero-order chi connectivity index (χ0) is 13.1. The van der Waals surface area contributed by atoms with Crippen molar-refractivity contribution in [1.82, 2.24) is 0 Å². The van der Waals surface area contributed by atoms with Gasteiger partial charge in [-0.05, 0) is 41.5 Å². The van der Waals surface area contributed by atoms with Crippen molar-refractivity contribution in [2.45, 2.75) is 12.5 Å². The number of benzene rings is 2. The Morgan fingerprint density at radius 2 is 1.72 bits per heavy atom. The molecule has 0 aliphatic rings. The Morgan fingerprint density at radius 3 is 2.33 bits per heavy atom. The highest BCUT2D eigenvalue weighted by molar-refractivity contribution is 9.11. The van der Waals surface area contributed by atoms with E-state index < -0.39 is 6.10 Å². The lowest BCUT2D eigenvalue weighted by Gasteiger charge is -2.12. The van der Waals surface area contributed by atoms with E-state index in [4.69, 9.17) is 11.6 Å². The van der Waals surface area contributed by atoms with Gasteiger partial charge in [-0.15, -0.1) is 0 Å². The van der Waals surface area contributed by atoms with E-state index in [0.29, 0.717) is 11.4 Å². The summed E-state index contributed by atoms with van der Waals surface area (Å²) in [5.41, 5.74) is 1.89. The van der Waals surface area contributed by atoms with E-state index in [2.05, 4.69) is 31.9 Å². The van der Waals surface area contributed by atoms with Crippen molar-refractivity contribution in [2.75, 3.05) is 0 Å². The standard InChI is InChI=1S/C14H11Br2ClO/c15-11-6-10(7-12(16)8-11)14(18)5-9-2-1-3-13(17)4-9/h1-4,6-8,14,18H,5H2. The van der Waals surface area contributed by atoms with E-state index in [1.807, 2.05) is 42.5 Å². The molecule has 2 aromatic rings. The van der Waals surface area contributed by atoms with Crippen molar-refractivity contribution in [3.63, 3.8) is 0 Å². The first kappa shape index (κ1) is 14.1. The lowest BCUT2D eigenvalue weighted by molar-refractivity contribution is 0.178. The second kappa shape index (κ2) is 6.20. The Kier molecular flexibility index (Phi) is 4.84. The third-order valence-corrected chi connectivity index (χ3v) is 3.74. The molecule has 0 amide bonds. The molecule has 0 spiro atoms. The number of hydrogen-bond acceptors (Lipinski definition) is 1. The Hall–Kier alpha value is -0.350. The van der Waals surface area contributed by atoms with Crippen LogP contribution in [0.3, 0.4) is 0 Å². The monoisotopic (exact) mass is 388 g/mol. The average Bonchev–Trinajstić information content (AvgIpc) is 2.27. The molecule has 2 aromatic carbocycles. The molecule has 4 heteroatoms. The number of rotatable bonds is 3. The fraction of sp³-hybridized carbons (Fsp3) is 0.143. The quantitative estimate of drug-likeness (QED) is 0.769. The first-order chi connectivity index (χ1) is 8.54. The highest BCUT2D eigenvalue weighted by Crippen LogP contribution is 2.26. The molecule has 94 valence electrons. The molecular formula is C14H11Br2ClO. The van der Waals surface area contributed by atoms with Gasteiger partial charge in [0.05, 0.1) is 6.10 Å². The molecule has 0 aliphatic heterocycles. The van der Waals surface area contributed by atoms with Crippen LogP contribution in [0, 0.1) is 0 Å².